The molecule has 0 saturated carbocycles. The number of benzene rings is 9. The van der Waals surface area contributed by atoms with Gasteiger partial charge in [-0.15, -0.1) is 54.1 Å². The fraction of sp³-hybridized carbons (Fsp3) is 0. The van der Waals surface area contributed by atoms with Gasteiger partial charge in [0, 0.05) is 53.2 Å². The van der Waals surface area contributed by atoms with Crippen molar-refractivity contribution in [2.75, 3.05) is 0 Å². The van der Waals surface area contributed by atoms with Crippen molar-refractivity contribution in [2.24, 2.45) is 0 Å². The van der Waals surface area contributed by atoms with E-state index in [4.69, 9.17) is 4.98 Å². The molecule has 0 bridgehead atoms. The first-order chi connectivity index (χ1) is 38.5. The number of rotatable bonds is 11. The Labute approximate surface area is 469 Å². The zero-order valence-electron chi connectivity index (χ0n) is 41.7. The van der Waals surface area contributed by atoms with Gasteiger partial charge in [0.05, 0.1) is 0 Å². The zero-order chi connectivity index (χ0) is 54.1. The van der Waals surface area contributed by atoms with Gasteiger partial charge in [-0.05, 0) is 143 Å². The van der Waals surface area contributed by atoms with E-state index >= 15 is 8.78 Å². The molecule has 3 aromatic heterocycles. The molecular formula is C69H37F7IrN3. The second kappa shape index (κ2) is 22.5. The van der Waals surface area contributed by atoms with Gasteiger partial charge in [0.2, 0.25) is 0 Å². The van der Waals surface area contributed by atoms with Crippen LogP contribution in [0.15, 0.2) is 225 Å². The summed E-state index contributed by atoms with van der Waals surface area (Å²) < 4.78 is 104. The van der Waals surface area contributed by atoms with Crippen molar-refractivity contribution in [3.8, 4) is 123 Å². The van der Waals surface area contributed by atoms with Gasteiger partial charge in [-0.1, -0.05) is 145 Å². The molecule has 3 heterocycles. The molecule has 0 unspecified atom stereocenters. The molecule has 12 aromatic rings. The van der Waals surface area contributed by atoms with Crippen molar-refractivity contribution in [1.29, 1.82) is 0 Å². The Bertz CT molecular complexity index is 4250. The van der Waals surface area contributed by atoms with Gasteiger partial charge >= 0.3 is 20.1 Å². The quantitative estimate of drug-likeness (QED) is 0.0957. The Morgan fingerprint density at radius 3 is 1.24 bits per heavy atom. The SMILES string of the molecule is Fc1c[c-]c(-c2cc(-c3ccc(-c4ccccc4)cc3)c(-c3ccc(F)cc3-c3cc(-c4ccccc4-c4ccc(-c5[c-]cc(F)cc5F)nc4)cc(-c4cc(F)ccc4-c4ccc(-c5[c-]cc(F)cc5F)nc4)c3)cn2)cc1.[Ir+3]. The van der Waals surface area contributed by atoms with Crippen LogP contribution in [0, 0.1) is 58.9 Å². The van der Waals surface area contributed by atoms with E-state index < -0.39 is 40.7 Å². The van der Waals surface area contributed by atoms with Crippen molar-refractivity contribution >= 4 is 0 Å². The van der Waals surface area contributed by atoms with Crippen LogP contribution in [0.25, 0.3) is 123 Å². The van der Waals surface area contributed by atoms with Gasteiger partial charge in [0.1, 0.15) is 11.6 Å². The van der Waals surface area contributed by atoms with E-state index in [1.54, 1.807) is 54.9 Å². The van der Waals surface area contributed by atoms with E-state index in [-0.39, 0.29) is 42.6 Å². The van der Waals surface area contributed by atoms with Crippen LogP contribution in [0.4, 0.5) is 30.7 Å². The molecule has 0 saturated heterocycles. The van der Waals surface area contributed by atoms with Gasteiger partial charge in [0.25, 0.3) is 0 Å². The molecule has 80 heavy (non-hydrogen) atoms. The van der Waals surface area contributed by atoms with E-state index in [1.165, 1.54) is 42.6 Å². The minimum Gasteiger partial charge on any atom is -0.304 e. The third kappa shape index (κ3) is 10.8. The summed E-state index contributed by atoms with van der Waals surface area (Å²) in [6, 6.07) is 64.8. The molecule has 0 aliphatic rings. The van der Waals surface area contributed by atoms with Gasteiger partial charge in [0.15, 0.2) is 0 Å². The van der Waals surface area contributed by atoms with Crippen molar-refractivity contribution in [3.05, 3.63) is 284 Å². The summed E-state index contributed by atoms with van der Waals surface area (Å²) in [5.74, 6) is -4.70. The Hall–Kier alpha value is -9.41. The number of hydrogen-bond donors (Lipinski definition) is 0. The Balaban J connectivity index is 0.00000675. The van der Waals surface area contributed by atoms with Gasteiger partial charge in [-0.3, -0.25) is 22.0 Å². The second-order valence-electron chi connectivity index (χ2n) is 18.6. The molecule has 0 spiro atoms. The number of pyridine rings is 3. The topological polar surface area (TPSA) is 38.7 Å². The maximum Gasteiger partial charge on any atom is 3.00 e. The van der Waals surface area contributed by atoms with Crippen molar-refractivity contribution < 1.29 is 50.8 Å². The van der Waals surface area contributed by atoms with Crippen LogP contribution in [0.3, 0.4) is 0 Å². The van der Waals surface area contributed by atoms with E-state index in [0.29, 0.717) is 72.5 Å². The standard InChI is InChI=1S/C69H37F7N3.Ir/c70-50-18-14-44(15-19-50)69-37-63(43-12-10-42(11-13-43)41-6-2-1-3-7-41)64(40-79-69)58-25-21-52(72)34-62(58)49-31-47(56-9-5-4-8-55(56)45-16-28-67(77-38-45)59-26-22-53(73)35-65(59)75)30-48(32-49)61-33-51(71)20-24-57(61)46-17-29-68(78-39-46)60-27-23-54(74)36-66(60)76;/h1-14,16-25,28-40H;/q-3;+3. The maximum atomic E-state index is 16.2. The number of aromatic nitrogens is 3. The van der Waals surface area contributed by atoms with Gasteiger partial charge in [-0.25, -0.2) is 8.78 Å². The molecule has 0 aliphatic carbocycles. The summed E-state index contributed by atoms with van der Waals surface area (Å²) in [6.07, 6.45) is 4.83. The smallest absolute Gasteiger partial charge is 0.304 e. The third-order valence-electron chi connectivity index (χ3n) is 13.7. The van der Waals surface area contributed by atoms with Crippen molar-refractivity contribution in [3.63, 3.8) is 0 Å². The Morgan fingerprint density at radius 1 is 0.263 bits per heavy atom. The summed E-state index contributed by atoms with van der Waals surface area (Å²) in [5.41, 5.74) is 12.2. The molecule has 3 nitrogen and oxygen atoms in total. The molecule has 9 aromatic carbocycles. The van der Waals surface area contributed by atoms with Crippen LogP contribution in [0.2, 0.25) is 0 Å². The number of hydrogen-bond acceptors (Lipinski definition) is 3. The molecule has 0 fully saturated rings. The van der Waals surface area contributed by atoms with E-state index in [0.717, 1.165) is 52.1 Å². The first-order valence-corrected chi connectivity index (χ1v) is 24.8. The molecule has 0 radical (unpaired) electrons. The van der Waals surface area contributed by atoms with Crippen LogP contribution in [0.5, 0.6) is 0 Å². The Kier molecular flexibility index (Phi) is 14.8. The zero-order valence-corrected chi connectivity index (χ0v) is 44.1. The summed E-state index contributed by atoms with van der Waals surface area (Å²) in [4.78, 5) is 14.0. The summed E-state index contributed by atoms with van der Waals surface area (Å²) in [6.45, 7) is 0. The summed E-state index contributed by atoms with van der Waals surface area (Å²) in [5, 5.41) is 0. The molecule has 0 N–H and O–H groups in total. The van der Waals surface area contributed by atoms with E-state index in [1.807, 2.05) is 103 Å². The van der Waals surface area contributed by atoms with E-state index in [9.17, 15) is 22.0 Å². The number of halogens is 7. The minimum atomic E-state index is -0.831. The van der Waals surface area contributed by atoms with Crippen LogP contribution in [-0.4, -0.2) is 15.0 Å². The number of nitrogens with zero attached hydrogens (tertiary/aromatic N) is 3. The molecule has 12 rings (SSSR count). The fourth-order valence-electron chi connectivity index (χ4n) is 9.86. The van der Waals surface area contributed by atoms with Crippen LogP contribution < -0.4 is 0 Å². The third-order valence-corrected chi connectivity index (χ3v) is 13.7. The van der Waals surface area contributed by atoms with Crippen LogP contribution >= 0.6 is 0 Å². The predicted molar refractivity (Wildman–Crippen MR) is 296 cm³/mol. The van der Waals surface area contributed by atoms with Crippen molar-refractivity contribution in [2.45, 2.75) is 0 Å². The minimum absolute atomic E-state index is 0. The van der Waals surface area contributed by atoms with Crippen LogP contribution in [-0.2, 0) is 20.1 Å². The van der Waals surface area contributed by atoms with Gasteiger partial charge in [-0.2, -0.15) is 0 Å². The fourth-order valence-corrected chi connectivity index (χ4v) is 9.86. The summed E-state index contributed by atoms with van der Waals surface area (Å²) in [7, 11) is 0. The second-order valence-corrected chi connectivity index (χ2v) is 18.6. The van der Waals surface area contributed by atoms with Crippen LogP contribution in [0.1, 0.15) is 0 Å². The predicted octanol–water partition coefficient (Wildman–Crippen LogP) is 18.6. The monoisotopic (exact) mass is 1230 g/mol. The molecule has 386 valence electrons. The molecular weight excluding hydrogens is 1200 g/mol. The molecule has 11 heteroatoms. The molecule has 0 aliphatic heterocycles. The van der Waals surface area contributed by atoms with Gasteiger partial charge < -0.3 is 15.0 Å². The van der Waals surface area contributed by atoms with Crippen molar-refractivity contribution in [1.82, 2.24) is 15.0 Å². The summed E-state index contributed by atoms with van der Waals surface area (Å²) >= 11 is 0. The normalized spacial score (nSPS) is 11.1. The first-order valence-electron chi connectivity index (χ1n) is 24.8. The average molecular weight is 1230 g/mol. The maximum absolute atomic E-state index is 16.2. The average Bonchev–Trinajstić information content (AvgIpc) is 3.50. The first kappa shape index (κ1) is 52.6. The molecule has 0 amide bonds. The Morgan fingerprint density at radius 2 is 0.700 bits per heavy atom. The van der Waals surface area contributed by atoms with E-state index in [2.05, 4.69) is 28.2 Å². The largest absolute Gasteiger partial charge is 3.00 e. The molecule has 0 atom stereocenters.